The first-order valence-corrected chi connectivity index (χ1v) is 13.4. The van der Waals surface area contributed by atoms with E-state index < -0.39 is 0 Å². The van der Waals surface area contributed by atoms with E-state index in [0.29, 0.717) is 12.2 Å². The maximum absolute atomic E-state index is 12.2. The zero-order valence-corrected chi connectivity index (χ0v) is 21.8. The highest BCUT2D eigenvalue weighted by atomic mass is 16.5. The van der Waals surface area contributed by atoms with E-state index in [1.54, 1.807) is 6.08 Å². The van der Waals surface area contributed by atoms with Gasteiger partial charge in [-0.1, -0.05) is 103 Å². The first-order valence-electron chi connectivity index (χ1n) is 13.4. The number of ether oxygens (including phenoxy) is 1. The zero-order valence-electron chi connectivity index (χ0n) is 21.8. The number of benzene rings is 1. The van der Waals surface area contributed by atoms with Crippen molar-refractivity contribution < 1.29 is 14.3 Å². The number of carbonyl (C=O) groups excluding carboxylic acids is 2. The molecule has 0 bridgehead atoms. The van der Waals surface area contributed by atoms with Gasteiger partial charge in [-0.2, -0.15) is 0 Å². The van der Waals surface area contributed by atoms with Crippen LogP contribution in [0.4, 0.5) is 0 Å². The molecule has 33 heavy (non-hydrogen) atoms. The SMILES string of the molecule is CCCCCCCCCCCCCCCCCC(=O)/C=C/c1cc(C)c(OC(C)=O)c(C)c1. The summed E-state index contributed by atoms with van der Waals surface area (Å²) < 4.78 is 5.26. The molecule has 0 spiro atoms. The van der Waals surface area contributed by atoms with Gasteiger partial charge in [0, 0.05) is 13.3 Å². The van der Waals surface area contributed by atoms with E-state index in [-0.39, 0.29) is 11.8 Å². The summed E-state index contributed by atoms with van der Waals surface area (Å²) in [5.41, 5.74) is 2.77. The van der Waals surface area contributed by atoms with Crippen LogP contribution in [-0.4, -0.2) is 11.8 Å². The molecule has 0 heterocycles. The Morgan fingerprint density at radius 3 is 1.58 bits per heavy atom. The van der Waals surface area contributed by atoms with Gasteiger partial charge < -0.3 is 4.74 Å². The quantitative estimate of drug-likeness (QED) is 0.0902. The number of aryl methyl sites for hydroxylation is 2. The molecule has 0 radical (unpaired) electrons. The topological polar surface area (TPSA) is 43.4 Å². The van der Waals surface area contributed by atoms with E-state index in [9.17, 15) is 9.59 Å². The molecule has 0 aliphatic heterocycles. The Kier molecular flexibility index (Phi) is 16.3. The third-order valence-electron chi connectivity index (χ3n) is 6.22. The van der Waals surface area contributed by atoms with E-state index >= 15 is 0 Å². The molecule has 0 atom stereocenters. The lowest BCUT2D eigenvalue weighted by atomic mass is 10.0. The molecule has 186 valence electrons. The fourth-order valence-corrected chi connectivity index (χ4v) is 4.33. The molecule has 0 amide bonds. The van der Waals surface area contributed by atoms with Gasteiger partial charge in [0.2, 0.25) is 0 Å². The van der Waals surface area contributed by atoms with Crippen molar-refractivity contribution in [2.75, 3.05) is 0 Å². The number of esters is 1. The fourth-order valence-electron chi connectivity index (χ4n) is 4.33. The van der Waals surface area contributed by atoms with Gasteiger partial charge in [0.05, 0.1) is 0 Å². The molecule has 0 aliphatic carbocycles. The van der Waals surface area contributed by atoms with E-state index in [2.05, 4.69) is 6.92 Å². The van der Waals surface area contributed by atoms with Crippen molar-refractivity contribution in [3.63, 3.8) is 0 Å². The van der Waals surface area contributed by atoms with Crippen LogP contribution in [0, 0.1) is 13.8 Å². The number of hydrogen-bond donors (Lipinski definition) is 0. The van der Waals surface area contributed by atoms with Crippen LogP contribution in [0.5, 0.6) is 5.75 Å². The maximum atomic E-state index is 12.2. The van der Waals surface area contributed by atoms with Crippen molar-refractivity contribution in [1.82, 2.24) is 0 Å². The highest BCUT2D eigenvalue weighted by Crippen LogP contribution is 2.25. The number of ketones is 1. The maximum Gasteiger partial charge on any atom is 0.308 e. The largest absolute Gasteiger partial charge is 0.426 e. The average Bonchev–Trinajstić information content (AvgIpc) is 2.77. The second-order valence-corrected chi connectivity index (χ2v) is 9.58. The van der Waals surface area contributed by atoms with Gasteiger partial charge in [0.15, 0.2) is 5.78 Å². The third kappa shape index (κ3) is 14.8. The first-order chi connectivity index (χ1) is 15.9. The minimum absolute atomic E-state index is 0.184. The molecule has 1 rings (SSSR count). The van der Waals surface area contributed by atoms with Crippen LogP contribution in [0.25, 0.3) is 6.08 Å². The van der Waals surface area contributed by atoms with Crippen molar-refractivity contribution in [1.29, 1.82) is 0 Å². The molecule has 0 unspecified atom stereocenters. The molecule has 1 aromatic carbocycles. The summed E-state index contributed by atoms with van der Waals surface area (Å²) >= 11 is 0. The van der Waals surface area contributed by atoms with Crippen LogP contribution in [0.15, 0.2) is 18.2 Å². The van der Waals surface area contributed by atoms with Gasteiger partial charge >= 0.3 is 5.97 Å². The van der Waals surface area contributed by atoms with E-state index in [1.807, 2.05) is 32.1 Å². The molecule has 0 saturated heterocycles. The summed E-state index contributed by atoms with van der Waals surface area (Å²) in [5.74, 6) is 0.482. The van der Waals surface area contributed by atoms with Crippen molar-refractivity contribution in [2.45, 2.75) is 130 Å². The summed E-state index contributed by atoms with van der Waals surface area (Å²) in [4.78, 5) is 23.4. The molecule has 1 aromatic rings. The van der Waals surface area contributed by atoms with Crippen LogP contribution >= 0.6 is 0 Å². The third-order valence-corrected chi connectivity index (χ3v) is 6.22. The first kappa shape index (κ1) is 29.1. The standard InChI is InChI=1S/C30H48O3/c1-5-6-7-8-9-10-11-12-13-14-15-16-17-18-19-20-29(32)22-21-28-23-25(2)30(26(3)24-28)33-27(4)31/h21-24H,5-20H2,1-4H3/b22-21+. The van der Waals surface area contributed by atoms with Gasteiger partial charge in [-0.15, -0.1) is 0 Å². The summed E-state index contributed by atoms with van der Waals surface area (Å²) in [6.45, 7) is 7.51. The lowest BCUT2D eigenvalue weighted by Crippen LogP contribution is -2.04. The predicted molar refractivity (Wildman–Crippen MR) is 141 cm³/mol. The normalized spacial score (nSPS) is 11.3. The monoisotopic (exact) mass is 456 g/mol. The van der Waals surface area contributed by atoms with Crippen LogP contribution in [0.3, 0.4) is 0 Å². The van der Waals surface area contributed by atoms with Crippen LogP contribution in [0.1, 0.15) is 133 Å². The predicted octanol–water partition coefficient (Wildman–Crippen LogP) is 9.07. The van der Waals surface area contributed by atoms with Gasteiger partial charge in [-0.05, 0) is 55.2 Å². The van der Waals surface area contributed by atoms with Crippen molar-refractivity contribution >= 4 is 17.8 Å². The number of allylic oxidation sites excluding steroid dienone is 1. The number of carbonyl (C=O) groups is 2. The van der Waals surface area contributed by atoms with E-state index in [1.165, 1.54) is 90.4 Å². The molecule has 0 aliphatic rings. The molecule has 0 saturated carbocycles. The van der Waals surface area contributed by atoms with E-state index in [4.69, 9.17) is 4.74 Å². The smallest absolute Gasteiger partial charge is 0.308 e. The molecule has 3 heteroatoms. The number of hydrogen-bond acceptors (Lipinski definition) is 3. The zero-order chi connectivity index (χ0) is 24.3. The van der Waals surface area contributed by atoms with Crippen molar-refractivity contribution in [3.8, 4) is 5.75 Å². The Hall–Kier alpha value is -1.90. The summed E-state index contributed by atoms with van der Waals surface area (Å²) in [5, 5.41) is 0. The fraction of sp³-hybridized carbons (Fsp3) is 0.667. The van der Waals surface area contributed by atoms with Crippen molar-refractivity contribution in [3.05, 3.63) is 34.9 Å². The second-order valence-electron chi connectivity index (χ2n) is 9.58. The lowest BCUT2D eigenvalue weighted by molar-refractivity contribution is -0.132. The average molecular weight is 457 g/mol. The molecular formula is C30H48O3. The van der Waals surface area contributed by atoms with Crippen molar-refractivity contribution in [2.24, 2.45) is 0 Å². The highest BCUT2D eigenvalue weighted by Gasteiger charge is 2.08. The van der Waals surface area contributed by atoms with Crippen LogP contribution < -0.4 is 4.74 Å². The van der Waals surface area contributed by atoms with Gasteiger partial charge in [-0.3, -0.25) is 9.59 Å². The molecule has 0 aromatic heterocycles. The Balaban J connectivity index is 2.06. The van der Waals surface area contributed by atoms with Gasteiger partial charge in [-0.25, -0.2) is 0 Å². The highest BCUT2D eigenvalue weighted by molar-refractivity contribution is 5.93. The Bertz CT molecular complexity index is 694. The number of unbranched alkanes of at least 4 members (excludes halogenated alkanes) is 14. The second kappa shape index (κ2) is 18.5. The Morgan fingerprint density at radius 1 is 0.727 bits per heavy atom. The summed E-state index contributed by atoms with van der Waals surface area (Å²) in [6.07, 6.45) is 24.2. The minimum Gasteiger partial charge on any atom is -0.426 e. The van der Waals surface area contributed by atoms with Crippen LogP contribution in [0.2, 0.25) is 0 Å². The number of rotatable bonds is 19. The summed E-state index contributed by atoms with van der Waals surface area (Å²) in [7, 11) is 0. The Morgan fingerprint density at radius 2 is 1.15 bits per heavy atom. The Labute approximate surface area is 203 Å². The van der Waals surface area contributed by atoms with Gasteiger partial charge in [0.25, 0.3) is 0 Å². The molecule has 0 N–H and O–H groups in total. The van der Waals surface area contributed by atoms with Gasteiger partial charge in [0.1, 0.15) is 5.75 Å². The molecule has 3 nitrogen and oxygen atoms in total. The lowest BCUT2D eigenvalue weighted by Gasteiger charge is -2.10. The minimum atomic E-state index is -0.317. The molecule has 0 fully saturated rings. The van der Waals surface area contributed by atoms with Crippen LogP contribution in [-0.2, 0) is 9.59 Å². The van der Waals surface area contributed by atoms with E-state index in [0.717, 1.165) is 29.5 Å². The summed E-state index contributed by atoms with van der Waals surface area (Å²) in [6, 6.07) is 3.89. The molecular weight excluding hydrogens is 408 g/mol.